The van der Waals surface area contributed by atoms with Crippen LogP contribution >= 0.6 is 0 Å². The molecule has 0 N–H and O–H groups in total. The Balaban J connectivity index is 1.55. The molecule has 0 atom stereocenters. The van der Waals surface area contributed by atoms with Gasteiger partial charge in [0.25, 0.3) is 5.91 Å². The standard InChI is InChI=1S/C23H23NO5/c1-17(2)24(18-9-5-3-6-10-18)22(25)16-28-23(26)21-14-13-20(29-21)15-27-19-11-7-4-8-12-19/h3-14,17H,15-16H2,1-2H3. The molecule has 0 saturated heterocycles. The van der Waals surface area contributed by atoms with Crippen LogP contribution in [-0.4, -0.2) is 24.5 Å². The molecule has 0 spiro atoms. The Morgan fingerprint density at radius 1 is 0.931 bits per heavy atom. The van der Waals surface area contributed by atoms with E-state index in [2.05, 4.69) is 0 Å². The molecular weight excluding hydrogens is 370 g/mol. The summed E-state index contributed by atoms with van der Waals surface area (Å²) in [6.07, 6.45) is 0. The first-order valence-corrected chi connectivity index (χ1v) is 9.35. The summed E-state index contributed by atoms with van der Waals surface area (Å²) in [5, 5.41) is 0. The van der Waals surface area contributed by atoms with Gasteiger partial charge < -0.3 is 18.8 Å². The summed E-state index contributed by atoms with van der Waals surface area (Å²) in [5.41, 5.74) is 0.752. The van der Waals surface area contributed by atoms with Crippen molar-refractivity contribution in [1.82, 2.24) is 0 Å². The van der Waals surface area contributed by atoms with E-state index in [0.29, 0.717) is 11.5 Å². The van der Waals surface area contributed by atoms with E-state index in [9.17, 15) is 9.59 Å². The Kier molecular flexibility index (Phi) is 6.68. The molecule has 3 rings (SSSR count). The molecule has 150 valence electrons. The van der Waals surface area contributed by atoms with Gasteiger partial charge >= 0.3 is 5.97 Å². The highest BCUT2D eigenvalue weighted by Crippen LogP contribution is 2.18. The second-order valence-corrected chi connectivity index (χ2v) is 6.64. The fourth-order valence-corrected chi connectivity index (χ4v) is 2.82. The topological polar surface area (TPSA) is 69.0 Å². The summed E-state index contributed by atoms with van der Waals surface area (Å²) in [6.45, 7) is 3.62. The summed E-state index contributed by atoms with van der Waals surface area (Å²) < 4.78 is 16.2. The van der Waals surface area contributed by atoms with E-state index in [1.165, 1.54) is 6.07 Å². The van der Waals surface area contributed by atoms with E-state index >= 15 is 0 Å². The van der Waals surface area contributed by atoms with Crippen LogP contribution in [0.3, 0.4) is 0 Å². The van der Waals surface area contributed by atoms with E-state index in [0.717, 1.165) is 5.69 Å². The van der Waals surface area contributed by atoms with Crippen LogP contribution in [0.2, 0.25) is 0 Å². The van der Waals surface area contributed by atoms with Gasteiger partial charge in [-0.1, -0.05) is 36.4 Å². The van der Waals surface area contributed by atoms with Crippen LogP contribution in [0, 0.1) is 0 Å². The molecule has 0 aliphatic carbocycles. The van der Waals surface area contributed by atoms with Crippen molar-refractivity contribution in [2.75, 3.05) is 11.5 Å². The van der Waals surface area contributed by atoms with Gasteiger partial charge in [-0.25, -0.2) is 4.79 Å². The molecular formula is C23H23NO5. The van der Waals surface area contributed by atoms with E-state index in [1.807, 2.05) is 74.5 Å². The summed E-state index contributed by atoms with van der Waals surface area (Å²) in [5.74, 6) is 0.216. The van der Waals surface area contributed by atoms with Crippen LogP contribution in [0.15, 0.2) is 77.2 Å². The van der Waals surface area contributed by atoms with Crippen molar-refractivity contribution in [3.8, 4) is 5.75 Å². The molecule has 0 saturated carbocycles. The van der Waals surface area contributed by atoms with E-state index in [1.54, 1.807) is 11.0 Å². The zero-order chi connectivity index (χ0) is 20.6. The maximum absolute atomic E-state index is 12.6. The molecule has 6 nitrogen and oxygen atoms in total. The Morgan fingerprint density at radius 3 is 2.24 bits per heavy atom. The summed E-state index contributed by atoms with van der Waals surface area (Å²) in [4.78, 5) is 26.4. The predicted molar refractivity (Wildman–Crippen MR) is 109 cm³/mol. The molecule has 1 aromatic heterocycles. The van der Waals surface area contributed by atoms with Crippen LogP contribution in [-0.2, 0) is 16.1 Å². The van der Waals surface area contributed by atoms with E-state index in [-0.39, 0.29) is 30.9 Å². The third-order valence-electron chi connectivity index (χ3n) is 4.13. The monoisotopic (exact) mass is 393 g/mol. The van der Waals surface area contributed by atoms with Gasteiger partial charge in [-0.3, -0.25) is 4.79 Å². The lowest BCUT2D eigenvalue weighted by Gasteiger charge is -2.26. The molecule has 0 bridgehead atoms. The SMILES string of the molecule is CC(C)N(C(=O)COC(=O)c1ccc(COc2ccccc2)o1)c1ccccc1. The summed E-state index contributed by atoms with van der Waals surface area (Å²) in [7, 11) is 0. The fourth-order valence-electron chi connectivity index (χ4n) is 2.82. The van der Waals surface area contributed by atoms with Crippen LogP contribution in [0.1, 0.15) is 30.2 Å². The number of benzene rings is 2. The molecule has 3 aromatic rings. The predicted octanol–water partition coefficient (Wildman–Crippen LogP) is 4.46. The van der Waals surface area contributed by atoms with Gasteiger partial charge in [0.2, 0.25) is 5.76 Å². The lowest BCUT2D eigenvalue weighted by atomic mass is 10.2. The average Bonchev–Trinajstić information content (AvgIpc) is 3.21. The molecule has 1 heterocycles. The second kappa shape index (κ2) is 9.59. The number of ether oxygens (including phenoxy) is 2. The number of furan rings is 1. The number of hydrogen-bond acceptors (Lipinski definition) is 5. The molecule has 0 aliphatic rings. The maximum Gasteiger partial charge on any atom is 0.374 e. The molecule has 2 aromatic carbocycles. The minimum absolute atomic E-state index is 0.0280. The third-order valence-corrected chi connectivity index (χ3v) is 4.13. The zero-order valence-electron chi connectivity index (χ0n) is 16.4. The van der Waals surface area contributed by atoms with Gasteiger partial charge in [-0.15, -0.1) is 0 Å². The van der Waals surface area contributed by atoms with Crippen LogP contribution in [0.25, 0.3) is 0 Å². The molecule has 6 heteroatoms. The fraction of sp³-hybridized carbons (Fsp3) is 0.217. The first-order valence-electron chi connectivity index (χ1n) is 9.35. The number of carbonyl (C=O) groups is 2. The second-order valence-electron chi connectivity index (χ2n) is 6.64. The van der Waals surface area contributed by atoms with Gasteiger partial charge in [0, 0.05) is 11.7 Å². The molecule has 0 radical (unpaired) electrons. The van der Waals surface area contributed by atoms with Crippen molar-refractivity contribution >= 4 is 17.6 Å². The van der Waals surface area contributed by atoms with Crippen molar-refractivity contribution in [2.24, 2.45) is 0 Å². The minimum atomic E-state index is -0.693. The first kappa shape index (κ1) is 20.2. The number of rotatable bonds is 8. The minimum Gasteiger partial charge on any atom is -0.486 e. The highest BCUT2D eigenvalue weighted by atomic mass is 16.6. The van der Waals surface area contributed by atoms with Crippen LogP contribution in [0.4, 0.5) is 5.69 Å². The first-order chi connectivity index (χ1) is 14.0. The quantitative estimate of drug-likeness (QED) is 0.529. The number of amides is 1. The molecule has 29 heavy (non-hydrogen) atoms. The van der Waals surface area contributed by atoms with E-state index < -0.39 is 5.97 Å². The van der Waals surface area contributed by atoms with Crippen molar-refractivity contribution in [3.63, 3.8) is 0 Å². The van der Waals surface area contributed by atoms with Gasteiger partial charge in [0.1, 0.15) is 18.1 Å². The number of anilines is 1. The Labute approximate surface area is 169 Å². The lowest BCUT2D eigenvalue weighted by molar-refractivity contribution is -0.122. The number of esters is 1. The molecule has 0 aliphatic heterocycles. The number of nitrogens with zero attached hydrogens (tertiary/aromatic N) is 1. The molecule has 0 unspecified atom stereocenters. The number of carbonyl (C=O) groups excluding carboxylic acids is 2. The average molecular weight is 393 g/mol. The summed E-state index contributed by atoms with van der Waals surface area (Å²) >= 11 is 0. The van der Waals surface area contributed by atoms with Gasteiger partial charge in [-0.05, 0) is 50.2 Å². The lowest BCUT2D eigenvalue weighted by Crippen LogP contribution is -2.39. The Bertz CT molecular complexity index is 934. The van der Waals surface area contributed by atoms with Crippen LogP contribution in [0.5, 0.6) is 5.75 Å². The Morgan fingerprint density at radius 2 is 1.59 bits per heavy atom. The zero-order valence-corrected chi connectivity index (χ0v) is 16.4. The normalized spacial score (nSPS) is 10.6. The highest BCUT2D eigenvalue weighted by molar-refractivity contribution is 5.96. The molecule has 0 fully saturated rings. The van der Waals surface area contributed by atoms with Gasteiger partial charge in [0.05, 0.1) is 0 Å². The van der Waals surface area contributed by atoms with Crippen molar-refractivity contribution in [1.29, 1.82) is 0 Å². The van der Waals surface area contributed by atoms with Crippen molar-refractivity contribution in [2.45, 2.75) is 26.5 Å². The number of para-hydroxylation sites is 2. The van der Waals surface area contributed by atoms with Crippen molar-refractivity contribution in [3.05, 3.63) is 84.3 Å². The largest absolute Gasteiger partial charge is 0.486 e. The maximum atomic E-state index is 12.6. The third kappa shape index (κ3) is 5.48. The highest BCUT2D eigenvalue weighted by Gasteiger charge is 2.21. The van der Waals surface area contributed by atoms with E-state index in [4.69, 9.17) is 13.9 Å². The number of hydrogen-bond donors (Lipinski definition) is 0. The Hall–Kier alpha value is -3.54. The smallest absolute Gasteiger partial charge is 0.374 e. The molecule has 1 amide bonds. The summed E-state index contributed by atoms with van der Waals surface area (Å²) in [6, 6.07) is 21.6. The van der Waals surface area contributed by atoms with Gasteiger partial charge in [0.15, 0.2) is 6.61 Å². The van der Waals surface area contributed by atoms with Crippen LogP contribution < -0.4 is 9.64 Å². The van der Waals surface area contributed by atoms with Crippen molar-refractivity contribution < 1.29 is 23.5 Å². The van der Waals surface area contributed by atoms with Gasteiger partial charge in [-0.2, -0.15) is 0 Å².